The van der Waals surface area contributed by atoms with Crippen LogP contribution in [-0.4, -0.2) is 59.9 Å². The van der Waals surface area contributed by atoms with E-state index in [9.17, 15) is 14.0 Å². The first kappa shape index (κ1) is 24.8. The van der Waals surface area contributed by atoms with Gasteiger partial charge in [-0.2, -0.15) is 0 Å². The van der Waals surface area contributed by atoms with Gasteiger partial charge in [0.1, 0.15) is 28.8 Å². The molecular weight excluding hydrogens is 477 g/mol. The number of hydrogen-bond acceptors (Lipinski definition) is 6. The normalized spacial score (nSPS) is 18.4. The standard InChI is InChI=1S/C25H27ClFN3O5/c1-25(2,3)35-24(32)30-10-8-18(17(27)13-30)29-23(31)14-5-6-15(20(11-14)33-4)21-12-19-22(34-21)16(26)7-9-28-19/h5-7,9,11-12,17-18H,8,10,13H2,1-4H3,(H,29,31). The molecule has 2 unspecified atom stereocenters. The number of pyridine rings is 1. The van der Waals surface area contributed by atoms with Gasteiger partial charge in [0, 0.05) is 24.4 Å². The van der Waals surface area contributed by atoms with Crippen LogP contribution in [0.25, 0.3) is 22.4 Å². The fourth-order valence-corrected chi connectivity index (χ4v) is 4.08. The number of carbonyl (C=O) groups excluding carboxylic acids is 2. The number of hydrogen-bond donors (Lipinski definition) is 1. The highest BCUT2D eigenvalue weighted by molar-refractivity contribution is 6.34. The van der Waals surface area contributed by atoms with Crippen LogP contribution >= 0.6 is 11.6 Å². The van der Waals surface area contributed by atoms with Gasteiger partial charge in [-0.15, -0.1) is 0 Å². The molecule has 1 fully saturated rings. The predicted octanol–water partition coefficient (Wildman–Crippen LogP) is 5.23. The number of alkyl halides is 1. The lowest BCUT2D eigenvalue weighted by Gasteiger charge is -2.35. The van der Waals surface area contributed by atoms with E-state index in [1.165, 1.54) is 12.0 Å². The first-order chi connectivity index (χ1) is 16.6. The molecule has 1 aromatic carbocycles. The summed E-state index contributed by atoms with van der Waals surface area (Å²) in [6.45, 7) is 5.40. The van der Waals surface area contributed by atoms with E-state index in [1.807, 2.05) is 0 Å². The smallest absolute Gasteiger partial charge is 0.410 e. The Balaban J connectivity index is 1.45. The van der Waals surface area contributed by atoms with E-state index < -0.39 is 29.8 Å². The molecule has 3 heterocycles. The van der Waals surface area contributed by atoms with Gasteiger partial charge in [-0.25, -0.2) is 9.18 Å². The second kappa shape index (κ2) is 9.73. The maximum absolute atomic E-state index is 14.8. The summed E-state index contributed by atoms with van der Waals surface area (Å²) in [5, 5.41) is 3.17. The summed E-state index contributed by atoms with van der Waals surface area (Å²) in [6, 6.07) is 7.52. The molecule has 4 rings (SSSR count). The molecule has 0 bridgehead atoms. The van der Waals surface area contributed by atoms with Gasteiger partial charge in [0.25, 0.3) is 5.91 Å². The summed E-state index contributed by atoms with van der Waals surface area (Å²) < 4.78 is 31.5. The number of halogens is 2. The average molecular weight is 504 g/mol. The van der Waals surface area contributed by atoms with Gasteiger partial charge < -0.3 is 24.1 Å². The molecule has 35 heavy (non-hydrogen) atoms. The molecule has 2 atom stereocenters. The number of piperidine rings is 1. The Morgan fingerprint density at radius 2 is 2.03 bits per heavy atom. The third-order valence-corrected chi connectivity index (χ3v) is 5.90. The number of aromatic nitrogens is 1. The van der Waals surface area contributed by atoms with Crippen molar-refractivity contribution in [2.45, 2.75) is 45.0 Å². The Morgan fingerprint density at radius 1 is 1.26 bits per heavy atom. The van der Waals surface area contributed by atoms with Gasteiger partial charge in [-0.3, -0.25) is 9.78 Å². The summed E-state index contributed by atoms with van der Waals surface area (Å²) in [4.78, 5) is 30.7. The highest BCUT2D eigenvalue weighted by Crippen LogP contribution is 2.36. The van der Waals surface area contributed by atoms with Gasteiger partial charge >= 0.3 is 6.09 Å². The highest BCUT2D eigenvalue weighted by Gasteiger charge is 2.34. The minimum atomic E-state index is -1.42. The van der Waals surface area contributed by atoms with E-state index in [4.69, 9.17) is 25.5 Å². The maximum atomic E-state index is 14.8. The molecule has 1 saturated heterocycles. The van der Waals surface area contributed by atoms with Crippen LogP contribution in [-0.2, 0) is 4.74 Å². The zero-order valence-electron chi connectivity index (χ0n) is 19.9. The number of nitrogens with zero attached hydrogens (tertiary/aromatic N) is 2. The van der Waals surface area contributed by atoms with Crippen molar-refractivity contribution in [3.8, 4) is 17.1 Å². The fraction of sp³-hybridized carbons (Fsp3) is 0.400. The van der Waals surface area contributed by atoms with Gasteiger partial charge in [-0.05, 0) is 51.5 Å². The number of ether oxygens (including phenoxy) is 2. The lowest BCUT2D eigenvalue weighted by molar-refractivity contribution is 0.00971. The first-order valence-corrected chi connectivity index (χ1v) is 11.6. The van der Waals surface area contributed by atoms with Crippen molar-refractivity contribution in [1.29, 1.82) is 0 Å². The van der Waals surface area contributed by atoms with Crippen molar-refractivity contribution >= 4 is 34.7 Å². The minimum absolute atomic E-state index is 0.148. The van der Waals surface area contributed by atoms with E-state index in [-0.39, 0.29) is 19.5 Å². The van der Waals surface area contributed by atoms with Gasteiger partial charge in [-0.1, -0.05) is 11.6 Å². The predicted molar refractivity (Wildman–Crippen MR) is 130 cm³/mol. The Bertz CT molecular complexity index is 1260. The maximum Gasteiger partial charge on any atom is 0.410 e. The molecule has 0 spiro atoms. The zero-order valence-corrected chi connectivity index (χ0v) is 20.7. The Morgan fingerprint density at radius 3 is 2.69 bits per heavy atom. The van der Waals surface area contributed by atoms with Gasteiger partial charge in [0.15, 0.2) is 5.58 Å². The largest absolute Gasteiger partial charge is 0.496 e. The summed E-state index contributed by atoms with van der Waals surface area (Å²) in [7, 11) is 1.48. The summed E-state index contributed by atoms with van der Waals surface area (Å²) in [5.74, 6) is 0.453. The van der Waals surface area contributed by atoms with Crippen molar-refractivity contribution in [3.63, 3.8) is 0 Å². The van der Waals surface area contributed by atoms with Crippen LogP contribution in [0.2, 0.25) is 5.02 Å². The molecule has 8 nitrogen and oxygen atoms in total. The van der Waals surface area contributed by atoms with Gasteiger partial charge in [0.2, 0.25) is 0 Å². The lowest BCUT2D eigenvalue weighted by atomic mass is 10.0. The van der Waals surface area contributed by atoms with Crippen LogP contribution in [0.5, 0.6) is 5.75 Å². The third kappa shape index (κ3) is 5.51. The second-order valence-corrected chi connectivity index (χ2v) is 9.75. The molecule has 0 radical (unpaired) electrons. The molecule has 3 aromatic rings. The third-order valence-electron chi connectivity index (χ3n) is 5.60. The van der Waals surface area contributed by atoms with Crippen LogP contribution in [0.15, 0.2) is 40.9 Å². The monoisotopic (exact) mass is 503 g/mol. The van der Waals surface area contributed by atoms with E-state index >= 15 is 0 Å². The highest BCUT2D eigenvalue weighted by atomic mass is 35.5. The van der Waals surface area contributed by atoms with Crippen LogP contribution in [0, 0.1) is 0 Å². The number of carbonyl (C=O) groups is 2. The fourth-order valence-electron chi connectivity index (χ4n) is 3.89. The van der Waals surface area contributed by atoms with Crippen LogP contribution in [0.4, 0.5) is 9.18 Å². The van der Waals surface area contributed by atoms with Crippen molar-refractivity contribution in [1.82, 2.24) is 15.2 Å². The van der Waals surface area contributed by atoms with E-state index in [2.05, 4.69) is 10.3 Å². The Labute approximate surface area is 207 Å². The van der Waals surface area contributed by atoms with Crippen LogP contribution < -0.4 is 10.1 Å². The number of likely N-dealkylation sites (tertiary alicyclic amines) is 1. The van der Waals surface area contributed by atoms with Crippen LogP contribution in [0.1, 0.15) is 37.6 Å². The van der Waals surface area contributed by atoms with Crippen molar-refractivity contribution in [3.05, 3.63) is 47.1 Å². The summed E-state index contributed by atoms with van der Waals surface area (Å²) >= 11 is 6.18. The average Bonchev–Trinajstić information content (AvgIpc) is 3.24. The second-order valence-electron chi connectivity index (χ2n) is 9.34. The number of rotatable bonds is 4. The minimum Gasteiger partial charge on any atom is -0.496 e. The van der Waals surface area contributed by atoms with Crippen molar-refractivity contribution in [2.75, 3.05) is 20.2 Å². The molecule has 0 aliphatic carbocycles. The summed E-state index contributed by atoms with van der Waals surface area (Å²) in [5.41, 5.74) is 1.32. The molecule has 1 N–H and O–H groups in total. The molecule has 10 heteroatoms. The molecule has 1 aliphatic rings. The molecule has 2 amide bonds. The van der Waals surface area contributed by atoms with E-state index in [0.717, 1.165) is 0 Å². The molecule has 0 saturated carbocycles. The van der Waals surface area contributed by atoms with E-state index in [1.54, 1.807) is 57.3 Å². The number of furan rings is 1. The zero-order chi connectivity index (χ0) is 25.3. The number of fused-ring (bicyclic) bond motifs is 1. The first-order valence-electron chi connectivity index (χ1n) is 11.2. The number of nitrogens with one attached hydrogen (secondary N) is 1. The Kier molecular flexibility index (Phi) is 6.89. The van der Waals surface area contributed by atoms with Crippen LogP contribution in [0.3, 0.4) is 0 Å². The summed E-state index contributed by atoms with van der Waals surface area (Å²) in [6.07, 6.45) is -0.125. The van der Waals surface area contributed by atoms with Crippen molar-refractivity contribution in [2.24, 2.45) is 0 Å². The van der Waals surface area contributed by atoms with E-state index in [0.29, 0.717) is 38.8 Å². The molecule has 2 aromatic heterocycles. The number of amides is 2. The van der Waals surface area contributed by atoms with Crippen molar-refractivity contribution < 1.29 is 27.9 Å². The topological polar surface area (TPSA) is 93.9 Å². The van der Waals surface area contributed by atoms with Gasteiger partial charge in [0.05, 0.1) is 30.3 Å². The SMILES string of the molecule is COc1cc(C(=O)NC2CCN(C(=O)OC(C)(C)C)CC2F)ccc1-c1cc2nccc(Cl)c2o1. The quantitative estimate of drug-likeness (QED) is 0.523. The number of benzene rings is 1. The molecular formula is C25H27ClFN3O5. The number of methoxy groups -OCH3 is 1. The molecule has 1 aliphatic heterocycles. The molecule has 186 valence electrons. The Hall–Kier alpha value is -3.33. The lowest BCUT2D eigenvalue weighted by Crippen LogP contribution is -2.54.